The predicted molar refractivity (Wildman–Crippen MR) is 109 cm³/mol. The first-order valence-electron chi connectivity index (χ1n) is 9.21. The van der Waals surface area contributed by atoms with Crippen LogP contribution in [-0.4, -0.2) is 58.6 Å². The van der Waals surface area contributed by atoms with E-state index in [1.54, 1.807) is 26.0 Å². The number of carbonyl (C=O) groups is 4. The third kappa shape index (κ3) is 8.17. The fourth-order valence-corrected chi connectivity index (χ4v) is 2.53. The summed E-state index contributed by atoms with van der Waals surface area (Å²) in [4.78, 5) is 51.1. The van der Waals surface area contributed by atoms with E-state index < -0.39 is 48.2 Å². The summed E-state index contributed by atoms with van der Waals surface area (Å²) >= 11 is 0. The Morgan fingerprint density at radius 3 is 2.10 bits per heavy atom. The Hall–Kier alpha value is -3.63. The van der Waals surface area contributed by atoms with Crippen molar-refractivity contribution < 1.29 is 29.4 Å². The molecule has 0 heterocycles. The summed E-state index contributed by atoms with van der Waals surface area (Å²) in [5.41, 5.74) is 11.6. The molecule has 0 aliphatic heterocycles. The molecule has 0 aromatic heterocycles. The smallest absolute Gasteiger partial charge is 0.326 e. The Bertz CT molecular complexity index is 802. The number of hydrogen-bond donors (Lipinski definition) is 6. The molecule has 0 radical (unpaired) electrons. The minimum absolute atomic E-state index is 0.0173. The van der Waals surface area contributed by atoms with Gasteiger partial charge in [-0.25, -0.2) is 4.79 Å². The molecular formula is C19H27N5O6. The largest absolute Gasteiger partial charge is 0.481 e. The lowest BCUT2D eigenvalue weighted by Crippen LogP contribution is -2.53. The van der Waals surface area contributed by atoms with E-state index in [2.05, 4.69) is 15.6 Å². The highest BCUT2D eigenvalue weighted by molar-refractivity contribution is 5.99. The molecule has 8 N–H and O–H groups in total. The van der Waals surface area contributed by atoms with Gasteiger partial charge in [0.25, 0.3) is 5.91 Å². The molecule has 30 heavy (non-hydrogen) atoms. The van der Waals surface area contributed by atoms with Crippen molar-refractivity contribution in [2.24, 2.45) is 22.4 Å². The minimum atomic E-state index is -1.43. The Morgan fingerprint density at radius 1 is 1.03 bits per heavy atom. The van der Waals surface area contributed by atoms with Gasteiger partial charge in [0.15, 0.2) is 5.96 Å². The summed E-state index contributed by atoms with van der Waals surface area (Å²) in [6, 6.07) is 3.76. The predicted octanol–water partition coefficient (Wildman–Crippen LogP) is -0.699. The van der Waals surface area contributed by atoms with Gasteiger partial charge in [0.05, 0.1) is 6.42 Å². The van der Waals surface area contributed by atoms with Crippen LogP contribution in [0, 0.1) is 5.92 Å². The molecule has 1 aromatic carbocycles. The number of carbonyl (C=O) groups excluding carboxylic acids is 2. The molecule has 2 amide bonds. The summed E-state index contributed by atoms with van der Waals surface area (Å²) < 4.78 is 0. The van der Waals surface area contributed by atoms with Crippen LogP contribution < -0.4 is 22.1 Å². The number of amides is 2. The Balaban J connectivity index is 2.85. The van der Waals surface area contributed by atoms with E-state index in [4.69, 9.17) is 16.6 Å². The first-order chi connectivity index (χ1) is 14.0. The van der Waals surface area contributed by atoms with Crippen LogP contribution in [0.1, 0.15) is 36.2 Å². The zero-order valence-corrected chi connectivity index (χ0v) is 16.8. The number of hydrogen-bond acceptors (Lipinski definition) is 5. The summed E-state index contributed by atoms with van der Waals surface area (Å²) in [6.45, 7) is 3.58. The molecule has 0 bridgehead atoms. The van der Waals surface area contributed by atoms with E-state index in [1.807, 2.05) is 0 Å². The van der Waals surface area contributed by atoms with Crippen LogP contribution in [-0.2, 0) is 20.8 Å². The van der Waals surface area contributed by atoms with Gasteiger partial charge in [-0.2, -0.15) is 0 Å². The third-order valence-electron chi connectivity index (χ3n) is 4.14. The quantitative estimate of drug-likeness (QED) is 0.199. The van der Waals surface area contributed by atoms with Crippen LogP contribution in [0.25, 0.3) is 0 Å². The number of nitrogens with zero attached hydrogens (tertiary/aromatic N) is 1. The molecule has 1 aromatic rings. The van der Waals surface area contributed by atoms with Gasteiger partial charge < -0.3 is 32.3 Å². The Morgan fingerprint density at radius 2 is 1.63 bits per heavy atom. The van der Waals surface area contributed by atoms with Crippen molar-refractivity contribution in [3.63, 3.8) is 0 Å². The first kappa shape index (κ1) is 24.4. The lowest BCUT2D eigenvalue weighted by atomic mass is 10.0. The highest BCUT2D eigenvalue weighted by Crippen LogP contribution is 2.08. The molecule has 0 aliphatic rings. The van der Waals surface area contributed by atoms with Crippen LogP contribution in [0.3, 0.4) is 0 Å². The van der Waals surface area contributed by atoms with Crippen molar-refractivity contribution >= 4 is 29.7 Å². The number of nitrogens with one attached hydrogen (secondary N) is 2. The van der Waals surface area contributed by atoms with Gasteiger partial charge >= 0.3 is 11.9 Å². The molecule has 0 saturated heterocycles. The highest BCUT2D eigenvalue weighted by atomic mass is 16.4. The van der Waals surface area contributed by atoms with Gasteiger partial charge in [-0.05, 0) is 30.0 Å². The van der Waals surface area contributed by atoms with Crippen molar-refractivity contribution in [2.45, 2.75) is 38.8 Å². The van der Waals surface area contributed by atoms with E-state index in [0.29, 0.717) is 13.0 Å². The number of guanidine groups is 1. The number of rotatable bonds is 11. The van der Waals surface area contributed by atoms with Crippen LogP contribution >= 0.6 is 0 Å². The van der Waals surface area contributed by atoms with Crippen molar-refractivity contribution in [3.8, 4) is 0 Å². The van der Waals surface area contributed by atoms with Gasteiger partial charge in [0.1, 0.15) is 12.1 Å². The van der Waals surface area contributed by atoms with Crippen molar-refractivity contribution in [2.75, 3.05) is 6.54 Å². The Kier molecular flexibility index (Phi) is 9.27. The number of aliphatic carboxylic acids is 2. The van der Waals surface area contributed by atoms with Gasteiger partial charge in [0.2, 0.25) is 5.91 Å². The molecule has 0 unspecified atom stereocenters. The number of carboxylic acid groups (broad SMARTS) is 2. The average Bonchev–Trinajstić information content (AvgIpc) is 2.64. The lowest BCUT2D eigenvalue weighted by Gasteiger charge is -2.22. The highest BCUT2D eigenvalue weighted by Gasteiger charge is 2.30. The lowest BCUT2D eigenvalue weighted by molar-refractivity contribution is -0.144. The molecular weight excluding hydrogens is 394 g/mol. The summed E-state index contributed by atoms with van der Waals surface area (Å²) in [6.07, 6.45) is -0.145. The summed E-state index contributed by atoms with van der Waals surface area (Å²) in [5, 5.41) is 22.9. The molecule has 2 atom stereocenters. The minimum Gasteiger partial charge on any atom is -0.481 e. The van der Waals surface area contributed by atoms with Crippen molar-refractivity contribution in [3.05, 3.63) is 35.4 Å². The second-order valence-electron chi connectivity index (χ2n) is 6.95. The normalized spacial score (nSPS) is 12.5. The maximum atomic E-state index is 12.5. The topological polar surface area (TPSA) is 197 Å². The SMILES string of the molecule is CC(C)[C@H](NC(=O)[C@H](CC(=O)O)NC(=O)c1ccc(CCN=C(N)N)cc1)C(=O)O. The number of aliphatic imine (C=N–C) groups is 1. The van der Waals surface area contributed by atoms with E-state index >= 15 is 0 Å². The molecule has 0 spiro atoms. The second kappa shape index (κ2) is 11.4. The maximum Gasteiger partial charge on any atom is 0.326 e. The van der Waals surface area contributed by atoms with E-state index in [1.165, 1.54) is 12.1 Å². The number of nitrogens with two attached hydrogens (primary N) is 2. The molecule has 11 nitrogen and oxygen atoms in total. The second-order valence-corrected chi connectivity index (χ2v) is 6.95. The first-order valence-corrected chi connectivity index (χ1v) is 9.21. The standard InChI is InChI=1S/C19H27N5O6/c1-10(2)15(18(29)30)24-17(28)13(9-14(25)26)23-16(27)12-5-3-11(4-6-12)7-8-22-19(20)21/h3-6,10,13,15H,7-9H2,1-2H3,(H,23,27)(H,24,28)(H,25,26)(H,29,30)(H4,20,21,22)/t13-,15-/m0/s1. The summed E-state index contributed by atoms with van der Waals surface area (Å²) in [5.74, 6) is -4.57. The van der Waals surface area contributed by atoms with Crippen LogP contribution in [0.2, 0.25) is 0 Å². The summed E-state index contributed by atoms with van der Waals surface area (Å²) in [7, 11) is 0. The molecule has 0 fully saturated rings. The monoisotopic (exact) mass is 421 g/mol. The van der Waals surface area contributed by atoms with E-state index in [9.17, 15) is 24.3 Å². The van der Waals surface area contributed by atoms with Crippen LogP contribution in [0.15, 0.2) is 29.3 Å². The third-order valence-corrected chi connectivity index (χ3v) is 4.14. The van der Waals surface area contributed by atoms with Crippen molar-refractivity contribution in [1.29, 1.82) is 0 Å². The Labute approximate surface area is 173 Å². The fraction of sp³-hybridized carbons (Fsp3) is 0.421. The fourth-order valence-electron chi connectivity index (χ4n) is 2.53. The molecule has 0 aliphatic carbocycles. The van der Waals surface area contributed by atoms with E-state index in [0.717, 1.165) is 5.56 Å². The van der Waals surface area contributed by atoms with Gasteiger partial charge in [-0.15, -0.1) is 0 Å². The van der Waals surface area contributed by atoms with Gasteiger partial charge in [0, 0.05) is 12.1 Å². The van der Waals surface area contributed by atoms with E-state index in [-0.39, 0.29) is 11.5 Å². The average molecular weight is 421 g/mol. The zero-order chi connectivity index (χ0) is 22.8. The van der Waals surface area contributed by atoms with Gasteiger partial charge in [-0.1, -0.05) is 26.0 Å². The van der Waals surface area contributed by atoms with Crippen LogP contribution in [0.5, 0.6) is 0 Å². The molecule has 164 valence electrons. The number of benzene rings is 1. The zero-order valence-electron chi connectivity index (χ0n) is 16.8. The maximum absolute atomic E-state index is 12.5. The molecule has 0 saturated carbocycles. The molecule has 1 rings (SSSR count). The molecule has 11 heteroatoms. The van der Waals surface area contributed by atoms with Crippen LogP contribution in [0.4, 0.5) is 0 Å². The number of carboxylic acids is 2. The van der Waals surface area contributed by atoms with Gasteiger partial charge in [-0.3, -0.25) is 19.4 Å². The van der Waals surface area contributed by atoms with Crippen molar-refractivity contribution in [1.82, 2.24) is 10.6 Å².